The van der Waals surface area contributed by atoms with E-state index in [1.54, 1.807) is 17.0 Å². The normalized spacial score (nSPS) is 18.1. The maximum absolute atomic E-state index is 13.5. The molecule has 0 aliphatic carbocycles. The Bertz CT molecular complexity index is 814. The quantitative estimate of drug-likeness (QED) is 0.454. The first kappa shape index (κ1) is 18.4. The summed E-state index contributed by atoms with van der Waals surface area (Å²) in [7, 11) is 0. The van der Waals surface area contributed by atoms with Gasteiger partial charge in [0.05, 0.1) is 4.47 Å². The van der Waals surface area contributed by atoms with Gasteiger partial charge in [-0.25, -0.2) is 4.39 Å². The van der Waals surface area contributed by atoms with Crippen molar-refractivity contribution < 1.29 is 14.0 Å². The lowest BCUT2D eigenvalue weighted by Crippen LogP contribution is -2.44. The molecule has 1 aliphatic heterocycles. The summed E-state index contributed by atoms with van der Waals surface area (Å²) in [4.78, 5) is 19.2. The fraction of sp³-hybridized carbons (Fsp3) is 0.263. The molecule has 0 spiro atoms. The molecule has 136 valence electrons. The van der Waals surface area contributed by atoms with Gasteiger partial charge in [-0.15, -0.1) is 0 Å². The third kappa shape index (κ3) is 4.40. The van der Waals surface area contributed by atoms with Crippen LogP contribution in [0.2, 0.25) is 0 Å². The Balaban J connectivity index is 1.61. The number of hydrogen-bond donors (Lipinski definition) is 1. The number of benzene rings is 2. The van der Waals surface area contributed by atoms with Gasteiger partial charge < -0.3 is 15.5 Å². The number of piperidine rings is 1. The number of oxime groups is 1. The lowest BCUT2D eigenvalue weighted by atomic mass is 9.96. The minimum Gasteiger partial charge on any atom is -0.390 e. The fourth-order valence-corrected chi connectivity index (χ4v) is 3.08. The Hall–Kier alpha value is -2.41. The predicted octanol–water partition coefficient (Wildman–Crippen LogP) is 3.82. The second-order valence-electron chi connectivity index (χ2n) is 6.11. The molecule has 0 radical (unpaired) electrons. The van der Waals surface area contributed by atoms with E-state index in [1.165, 1.54) is 6.07 Å². The summed E-state index contributed by atoms with van der Waals surface area (Å²) in [5.41, 5.74) is 7.57. The van der Waals surface area contributed by atoms with E-state index in [1.807, 2.05) is 30.3 Å². The second kappa shape index (κ2) is 8.31. The molecule has 1 saturated heterocycles. The third-order valence-electron chi connectivity index (χ3n) is 4.28. The molecular weight excluding hydrogens is 401 g/mol. The van der Waals surface area contributed by atoms with Crippen LogP contribution in [0.4, 0.5) is 10.1 Å². The Kier molecular flexibility index (Phi) is 5.88. The average Bonchev–Trinajstić information content (AvgIpc) is 2.65. The molecule has 1 atom stereocenters. The van der Waals surface area contributed by atoms with Crippen molar-refractivity contribution in [2.45, 2.75) is 19.4 Å². The molecule has 0 saturated carbocycles. The molecular formula is C19H19BrFN3O2. The number of nitrogens with two attached hydrogens (primary N) is 1. The van der Waals surface area contributed by atoms with Crippen LogP contribution in [0, 0.1) is 11.7 Å². The number of amidine groups is 1. The highest BCUT2D eigenvalue weighted by Gasteiger charge is 2.29. The molecule has 1 fully saturated rings. The summed E-state index contributed by atoms with van der Waals surface area (Å²) >= 11 is 3.11. The first-order valence-electron chi connectivity index (χ1n) is 8.29. The predicted molar refractivity (Wildman–Crippen MR) is 102 cm³/mol. The summed E-state index contributed by atoms with van der Waals surface area (Å²) < 4.78 is 13.9. The van der Waals surface area contributed by atoms with Gasteiger partial charge >= 0.3 is 0 Å². The number of nitrogens with zero attached hydrogens (tertiary/aromatic N) is 2. The van der Waals surface area contributed by atoms with Gasteiger partial charge in [-0.3, -0.25) is 4.79 Å². The lowest BCUT2D eigenvalue weighted by Gasteiger charge is -2.32. The van der Waals surface area contributed by atoms with Crippen molar-refractivity contribution in [3.05, 3.63) is 64.4 Å². The maximum atomic E-state index is 13.5. The van der Waals surface area contributed by atoms with Crippen LogP contribution >= 0.6 is 15.9 Å². The van der Waals surface area contributed by atoms with Crippen LogP contribution in [0.5, 0.6) is 0 Å². The molecule has 26 heavy (non-hydrogen) atoms. The van der Waals surface area contributed by atoms with Gasteiger partial charge in [0.25, 0.3) is 0 Å². The van der Waals surface area contributed by atoms with E-state index >= 15 is 0 Å². The monoisotopic (exact) mass is 419 g/mol. The van der Waals surface area contributed by atoms with E-state index in [2.05, 4.69) is 21.1 Å². The summed E-state index contributed by atoms with van der Waals surface area (Å²) in [6.45, 7) is 0.591. The highest BCUT2D eigenvalue weighted by Crippen LogP contribution is 2.24. The van der Waals surface area contributed by atoms with Crippen LogP contribution in [0.25, 0.3) is 0 Å². The van der Waals surface area contributed by atoms with Crippen molar-refractivity contribution in [1.82, 2.24) is 0 Å². The van der Waals surface area contributed by atoms with E-state index in [0.29, 0.717) is 35.3 Å². The molecule has 0 bridgehead atoms. The van der Waals surface area contributed by atoms with E-state index in [0.717, 1.165) is 5.69 Å². The Morgan fingerprint density at radius 3 is 2.81 bits per heavy atom. The van der Waals surface area contributed by atoms with Gasteiger partial charge in [0, 0.05) is 24.6 Å². The van der Waals surface area contributed by atoms with Crippen LogP contribution in [0.15, 0.2) is 58.2 Å². The number of carbonyl (C=O) groups excluding carboxylic acids is 1. The minimum atomic E-state index is -0.354. The summed E-state index contributed by atoms with van der Waals surface area (Å²) in [5.74, 6) is -0.00979. The average molecular weight is 420 g/mol. The summed E-state index contributed by atoms with van der Waals surface area (Å²) in [6.07, 6.45) is 1.04. The van der Waals surface area contributed by atoms with Gasteiger partial charge in [-0.2, -0.15) is 0 Å². The van der Waals surface area contributed by atoms with Gasteiger partial charge in [0.1, 0.15) is 18.3 Å². The molecule has 7 heteroatoms. The van der Waals surface area contributed by atoms with Gasteiger partial charge in [-0.05, 0) is 52.2 Å². The second-order valence-corrected chi connectivity index (χ2v) is 6.97. The maximum Gasteiger partial charge on any atom is 0.227 e. The molecule has 5 nitrogen and oxygen atoms in total. The standard InChI is InChI=1S/C19H19BrFN3O2/c20-16-8-6-13(10-17(16)21)12-26-23-19(22)14-7-9-18(25)24(11-14)15-4-2-1-3-5-15/h1-6,8,10,14H,7,9,11-12H2,(H2,22,23). The van der Waals surface area contributed by atoms with Gasteiger partial charge in [0.15, 0.2) is 0 Å². The number of para-hydroxylation sites is 1. The van der Waals surface area contributed by atoms with E-state index < -0.39 is 0 Å². The molecule has 1 unspecified atom stereocenters. The molecule has 1 aliphatic rings. The number of rotatable bonds is 5. The van der Waals surface area contributed by atoms with Crippen molar-refractivity contribution in [2.75, 3.05) is 11.4 Å². The third-order valence-corrected chi connectivity index (χ3v) is 4.93. The Labute approximate surface area is 159 Å². The summed E-state index contributed by atoms with van der Waals surface area (Å²) in [5, 5.41) is 3.97. The molecule has 0 aromatic heterocycles. The van der Waals surface area contributed by atoms with E-state index in [4.69, 9.17) is 10.6 Å². The van der Waals surface area contributed by atoms with Crippen molar-refractivity contribution in [3.63, 3.8) is 0 Å². The molecule has 2 aromatic rings. The number of carbonyl (C=O) groups is 1. The number of halogens is 2. The smallest absolute Gasteiger partial charge is 0.227 e. The zero-order chi connectivity index (χ0) is 18.5. The molecule has 1 amide bonds. The summed E-state index contributed by atoms with van der Waals surface area (Å²) in [6, 6.07) is 14.2. The van der Waals surface area contributed by atoms with Crippen LogP contribution < -0.4 is 10.6 Å². The zero-order valence-corrected chi connectivity index (χ0v) is 15.7. The van der Waals surface area contributed by atoms with E-state index in [-0.39, 0.29) is 24.2 Å². The molecule has 3 rings (SSSR count). The number of amides is 1. The highest BCUT2D eigenvalue weighted by molar-refractivity contribution is 9.10. The largest absolute Gasteiger partial charge is 0.390 e. The van der Waals surface area contributed by atoms with Gasteiger partial charge in [0.2, 0.25) is 5.91 Å². The highest BCUT2D eigenvalue weighted by atomic mass is 79.9. The van der Waals surface area contributed by atoms with Crippen LogP contribution in [0.1, 0.15) is 18.4 Å². The topological polar surface area (TPSA) is 67.9 Å². The zero-order valence-electron chi connectivity index (χ0n) is 14.1. The molecule has 2 aromatic carbocycles. The molecule has 2 N–H and O–H groups in total. The lowest BCUT2D eigenvalue weighted by molar-refractivity contribution is -0.119. The Morgan fingerprint density at radius 2 is 2.08 bits per heavy atom. The van der Waals surface area contributed by atoms with Crippen LogP contribution in [-0.2, 0) is 16.2 Å². The van der Waals surface area contributed by atoms with Crippen molar-refractivity contribution in [1.29, 1.82) is 0 Å². The van der Waals surface area contributed by atoms with Gasteiger partial charge in [-0.1, -0.05) is 29.4 Å². The van der Waals surface area contributed by atoms with Crippen LogP contribution in [-0.4, -0.2) is 18.3 Å². The van der Waals surface area contributed by atoms with Crippen molar-refractivity contribution >= 4 is 33.4 Å². The SMILES string of the molecule is N/C(=N\OCc1ccc(Br)c(F)c1)C1CCC(=O)N(c2ccccc2)C1. The van der Waals surface area contributed by atoms with Crippen molar-refractivity contribution in [2.24, 2.45) is 16.8 Å². The number of anilines is 1. The first-order chi connectivity index (χ1) is 12.5. The Morgan fingerprint density at radius 1 is 1.31 bits per heavy atom. The van der Waals surface area contributed by atoms with E-state index in [9.17, 15) is 9.18 Å². The van der Waals surface area contributed by atoms with Crippen molar-refractivity contribution in [3.8, 4) is 0 Å². The van der Waals surface area contributed by atoms with Crippen LogP contribution in [0.3, 0.4) is 0 Å². The number of hydrogen-bond acceptors (Lipinski definition) is 3. The fourth-order valence-electron chi connectivity index (χ4n) is 2.83. The first-order valence-corrected chi connectivity index (χ1v) is 9.08. The minimum absolute atomic E-state index is 0.0745. The molecule has 1 heterocycles.